The lowest BCUT2D eigenvalue weighted by atomic mass is 9.89. The Labute approximate surface area is 132 Å². The van der Waals surface area contributed by atoms with Gasteiger partial charge in [0.1, 0.15) is 0 Å². The Morgan fingerprint density at radius 3 is 2.55 bits per heavy atom. The molecule has 2 heteroatoms. The van der Waals surface area contributed by atoms with Crippen LogP contribution in [0.1, 0.15) is 50.7 Å². The maximum absolute atomic E-state index is 12.0. The minimum Gasteiger partial charge on any atom is -0.449 e. The number of allylic oxidation sites excluding steroid dienone is 2. The Hall–Kier alpha value is -2.09. The van der Waals surface area contributed by atoms with Gasteiger partial charge in [-0.05, 0) is 43.7 Å². The second-order valence-electron chi connectivity index (χ2n) is 6.12. The van der Waals surface area contributed by atoms with Gasteiger partial charge in [0.25, 0.3) is 0 Å². The van der Waals surface area contributed by atoms with Crippen LogP contribution in [-0.4, -0.2) is 5.97 Å². The van der Waals surface area contributed by atoms with Crippen LogP contribution in [0.15, 0.2) is 65.3 Å². The third-order valence-electron chi connectivity index (χ3n) is 4.52. The standard InChI is InChI=1S/C20H22O2/c1-14(13-16-9-5-3-6-10-16)18-15(2)20(21)22-19(18)17-11-7-4-8-12-17/h4,7-8,11-13,19H,1,3,5-6,9-10H2,2H3. The van der Waals surface area contributed by atoms with E-state index in [-0.39, 0.29) is 12.1 Å². The lowest BCUT2D eigenvalue weighted by Gasteiger charge is -2.18. The molecule has 1 heterocycles. The van der Waals surface area contributed by atoms with Crippen LogP contribution in [-0.2, 0) is 9.53 Å². The SMILES string of the molecule is C=C(C=C1CCCCC1)C1=C(C)C(=O)OC1c1ccccc1. The first-order valence-corrected chi connectivity index (χ1v) is 8.02. The van der Waals surface area contributed by atoms with Gasteiger partial charge in [-0.1, -0.05) is 55.0 Å². The second kappa shape index (κ2) is 6.35. The summed E-state index contributed by atoms with van der Waals surface area (Å²) in [6, 6.07) is 9.90. The first-order valence-electron chi connectivity index (χ1n) is 8.02. The predicted molar refractivity (Wildman–Crippen MR) is 88.3 cm³/mol. The van der Waals surface area contributed by atoms with Crippen LogP contribution in [0.3, 0.4) is 0 Å². The van der Waals surface area contributed by atoms with Gasteiger partial charge in [0.2, 0.25) is 0 Å². The molecule has 0 N–H and O–H groups in total. The fraction of sp³-hybridized carbons (Fsp3) is 0.350. The lowest BCUT2D eigenvalue weighted by molar-refractivity contribution is -0.139. The molecule has 0 aromatic heterocycles. The highest BCUT2D eigenvalue weighted by atomic mass is 16.5. The molecule has 2 aliphatic rings. The van der Waals surface area contributed by atoms with E-state index in [4.69, 9.17) is 4.74 Å². The number of benzene rings is 1. The summed E-state index contributed by atoms with van der Waals surface area (Å²) < 4.78 is 5.58. The molecular weight excluding hydrogens is 272 g/mol. The molecule has 0 amide bonds. The number of carbonyl (C=O) groups excluding carboxylic acids is 1. The molecule has 1 aromatic rings. The Morgan fingerprint density at radius 2 is 1.86 bits per heavy atom. The predicted octanol–water partition coefficient (Wildman–Crippen LogP) is 5.05. The van der Waals surface area contributed by atoms with Crippen LogP contribution in [0, 0.1) is 0 Å². The molecule has 0 radical (unpaired) electrons. The van der Waals surface area contributed by atoms with Crippen molar-refractivity contribution < 1.29 is 9.53 Å². The number of ether oxygens (including phenoxy) is 1. The van der Waals surface area contributed by atoms with E-state index in [1.807, 2.05) is 37.3 Å². The van der Waals surface area contributed by atoms with E-state index >= 15 is 0 Å². The lowest BCUT2D eigenvalue weighted by Crippen LogP contribution is -2.04. The van der Waals surface area contributed by atoms with Crippen LogP contribution in [0.5, 0.6) is 0 Å². The number of hydrogen-bond donors (Lipinski definition) is 0. The summed E-state index contributed by atoms with van der Waals surface area (Å²) >= 11 is 0. The summed E-state index contributed by atoms with van der Waals surface area (Å²) in [4.78, 5) is 12.0. The van der Waals surface area contributed by atoms with E-state index in [1.54, 1.807) is 0 Å². The van der Waals surface area contributed by atoms with Gasteiger partial charge in [-0.15, -0.1) is 0 Å². The Bertz CT molecular complexity index is 642. The van der Waals surface area contributed by atoms with Gasteiger partial charge in [0.05, 0.1) is 0 Å². The smallest absolute Gasteiger partial charge is 0.335 e. The number of rotatable bonds is 3. The quantitative estimate of drug-likeness (QED) is 0.729. The molecule has 2 nitrogen and oxygen atoms in total. The molecule has 3 rings (SSSR count). The van der Waals surface area contributed by atoms with Crippen LogP contribution < -0.4 is 0 Å². The number of esters is 1. The van der Waals surface area contributed by atoms with E-state index in [2.05, 4.69) is 12.7 Å². The first-order chi connectivity index (χ1) is 10.7. The Morgan fingerprint density at radius 1 is 1.18 bits per heavy atom. The molecule has 1 fully saturated rings. The van der Waals surface area contributed by atoms with Crippen molar-refractivity contribution in [1.29, 1.82) is 0 Å². The van der Waals surface area contributed by atoms with Gasteiger partial charge in [-0.25, -0.2) is 4.79 Å². The molecule has 1 saturated carbocycles. The average Bonchev–Trinajstić information content (AvgIpc) is 2.85. The molecular formula is C20H22O2. The van der Waals surface area contributed by atoms with Gasteiger partial charge in [0.15, 0.2) is 6.10 Å². The van der Waals surface area contributed by atoms with Crippen molar-refractivity contribution in [2.75, 3.05) is 0 Å². The first kappa shape index (κ1) is 14.8. The molecule has 22 heavy (non-hydrogen) atoms. The highest BCUT2D eigenvalue weighted by Crippen LogP contribution is 2.40. The molecule has 114 valence electrons. The Balaban J connectivity index is 1.91. The number of carbonyl (C=O) groups is 1. The highest BCUT2D eigenvalue weighted by Gasteiger charge is 2.33. The molecule has 1 unspecified atom stereocenters. The van der Waals surface area contributed by atoms with Crippen molar-refractivity contribution >= 4 is 5.97 Å². The van der Waals surface area contributed by atoms with E-state index in [1.165, 1.54) is 24.8 Å². The van der Waals surface area contributed by atoms with E-state index in [0.717, 1.165) is 29.6 Å². The van der Waals surface area contributed by atoms with Gasteiger partial charge >= 0.3 is 5.97 Å². The van der Waals surface area contributed by atoms with E-state index in [0.29, 0.717) is 5.57 Å². The highest BCUT2D eigenvalue weighted by molar-refractivity contribution is 5.93. The largest absolute Gasteiger partial charge is 0.449 e. The van der Waals surface area contributed by atoms with E-state index in [9.17, 15) is 4.79 Å². The van der Waals surface area contributed by atoms with Crippen molar-refractivity contribution in [2.45, 2.75) is 45.1 Å². The summed E-state index contributed by atoms with van der Waals surface area (Å²) in [6.45, 7) is 6.06. The molecule has 0 spiro atoms. The van der Waals surface area contributed by atoms with Crippen LogP contribution in [0.2, 0.25) is 0 Å². The summed E-state index contributed by atoms with van der Waals surface area (Å²) in [5.74, 6) is -0.230. The molecule has 1 aromatic carbocycles. The fourth-order valence-corrected chi connectivity index (χ4v) is 3.31. The van der Waals surface area contributed by atoms with Gasteiger partial charge < -0.3 is 4.74 Å². The minimum absolute atomic E-state index is 0.230. The number of cyclic esters (lactones) is 1. The van der Waals surface area contributed by atoms with Crippen molar-refractivity contribution in [1.82, 2.24) is 0 Å². The maximum atomic E-state index is 12.0. The topological polar surface area (TPSA) is 26.3 Å². The van der Waals surface area contributed by atoms with Gasteiger partial charge in [-0.2, -0.15) is 0 Å². The van der Waals surface area contributed by atoms with Gasteiger partial charge in [-0.3, -0.25) is 0 Å². The average molecular weight is 294 g/mol. The maximum Gasteiger partial charge on any atom is 0.335 e. The van der Waals surface area contributed by atoms with E-state index < -0.39 is 0 Å². The Kier molecular flexibility index (Phi) is 4.28. The van der Waals surface area contributed by atoms with Crippen molar-refractivity contribution in [2.24, 2.45) is 0 Å². The van der Waals surface area contributed by atoms with Crippen LogP contribution in [0.4, 0.5) is 0 Å². The van der Waals surface area contributed by atoms with Crippen LogP contribution in [0.25, 0.3) is 0 Å². The van der Waals surface area contributed by atoms with Crippen molar-refractivity contribution in [3.8, 4) is 0 Å². The summed E-state index contributed by atoms with van der Waals surface area (Å²) in [5.41, 5.74) is 5.00. The van der Waals surface area contributed by atoms with Crippen molar-refractivity contribution in [3.63, 3.8) is 0 Å². The molecule has 1 atom stereocenters. The summed E-state index contributed by atoms with van der Waals surface area (Å²) in [6.07, 6.45) is 7.99. The molecule has 0 bridgehead atoms. The zero-order valence-electron chi connectivity index (χ0n) is 13.1. The third kappa shape index (κ3) is 2.92. The molecule has 1 aliphatic carbocycles. The molecule has 0 saturated heterocycles. The minimum atomic E-state index is -0.318. The third-order valence-corrected chi connectivity index (χ3v) is 4.52. The number of hydrogen-bond acceptors (Lipinski definition) is 2. The second-order valence-corrected chi connectivity index (χ2v) is 6.12. The van der Waals surface area contributed by atoms with Crippen molar-refractivity contribution in [3.05, 3.63) is 70.8 Å². The monoisotopic (exact) mass is 294 g/mol. The fourth-order valence-electron chi connectivity index (χ4n) is 3.31. The summed E-state index contributed by atoms with van der Waals surface area (Å²) in [5, 5.41) is 0. The zero-order chi connectivity index (χ0) is 15.5. The summed E-state index contributed by atoms with van der Waals surface area (Å²) in [7, 11) is 0. The zero-order valence-corrected chi connectivity index (χ0v) is 13.1. The molecule has 1 aliphatic heterocycles. The normalized spacial score (nSPS) is 21.8. The van der Waals surface area contributed by atoms with Gasteiger partial charge in [0, 0.05) is 11.1 Å². The van der Waals surface area contributed by atoms with Crippen LogP contribution >= 0.6 is 0 Å².